The lowest BCUT2D eigenvalue weighted by Gasteiger charge is -2.15. The summed E-state index contributed by atoms with van der Waals surface area (Å²) < 4.78 is 5.96. The lowest BCUT2D eigenvalue weighted by Crippen LogP contribution is -2.04. The lowest BCUT2D eigenvalue weighted by atomic mass is 9.98. The van der Waals surface area contributed by atoms with Crippen LogP contribution < -0.4 is 10.1 Å². The van der Waals surface area contributed by atoms with Gasteiger partial charge in [-0.3, -0.25) is 0 Å². The van der Waals surface area contributed by atoms with Gasteiger partial charge in [0.2, 0.25) is 11.8 Å². The van der Waals surface area contributed by atoms with Gasteiger partial charge in [0.05, 0.1) is 0 Å². The molecule has 0 aliphatic heterocycles. The summed E-state index contributed by atoms with van der Waals surface area (Å²) in [5.74, 6) is 2.50. The predicted molar refractivity (Wildman–Crippen MR) is 86.0 cm³/mol. The molecule has 0 radical (unpaired) electrons. The van der Waals surface area contributed by atoms with Crippen molar-refractivity contribution in [1.29, 1.82) is 0 Å². The number of nitrogens with zero attached hydrogens (tertiary/aromatic N) is 2. The molecule has 4 nitrogen and oxygen atoms in total. The van der Waals surface area contributed by atoms with E-state index in [9.17, 15) is 0 Å². The minimum Gasteiger partial charge on any atom is -0.439 e. The van der Waals surface area contributed by atoms with Gasteiger partial charge in [0.15, 0.2) is 0 Å². The summed E-state index contributed by atoms with van der Waals surface area (Å²) in [6, 6.07) is 9.91. The maximum absolute atomic E-state index is 5.96. The van der Waals surface area contributed by atoms with Crippen LogP contribution in [0.25, 0.3) is 0 Å². The minimum atomic E-state index is 0.459. The molecule has 2 rings (SSSR count). The second-order valence-electron chi connectivity index (χ2n) is 5.09. The lowest BCUT2D eigenvalue weighted by molar-refractivity contribution is 0.451. The molecule has 21 heavy (non-hydrogen) atoms. The van der Waals surface area contributed by atoms with Crippen molar-refractivity contribution in [2.45, 2.75) is 39.5 Å². The summed E-state index contributed by atoms with van der Waals surface area (Å²) in [5, 5.41) is 3.17. The smallest absolute Gasteiger partial charge is 0.225 e. The number of anilines is 1. The average Bonchev–Trinajstić information content (AvgIpc) is 2.53. The molecule has 1 atom stereocenters. The van der Waals surface area contributed by atoms with Crippen molar-refractivity contribution in [2.75, 3.05) is 11.9 Å². The molecular weight excluding hydrogens is 262 g/mol. The number of hydrogen-bond acceptors (Lipinski definition) is 4. The second-order valence-corrected chi connectivity index (χ2v) is 5.09. The Balaban J connectivity index is 2.18. The standard InChI is InChI=1S/C17H23N3O/c1-4-11-18-17-19-12-10-16(20-17)21-15-9-7-6-8-14(15)13(3)5-2/h6-10,12-13H,4-5,11H2,1-3H3,(H,18,19,20). The molecule has 0 fully saturated rings. The molecule has 0 saturated carbocycles. The molecule has 0 amide bonds. The van der Waals surface area contributed by atoms with Crippen LogP contribution in [0.2, 0.25) is 0 Å². The number of ether oxygens (including phenoxy) is 1. The molecule has 0 saturated heterocycles. The van der Waals surface area contributed by atoms with Crippen molar-refractivity contribution in [1.82, 2.24) is 9.97 Å². The summed E-state index contributed by atoms with van der Waals surface area (Å²) in [6.45, 7) is 7.35. The maximum Gasteiger partial charge on any atom is 0.225 e. The number of para-hydroxylation sites is 1. The van der Waals surface area contributed by atoms with Crippen molar-refractivity contribution in [3.05, 3.63) is 42.1 Å². The zero-order valence-electron chi connectivity index (χ0n) is 13.0. The first-order chi connectivity index (χ1) is 10.2. The van der Waals surface area contributed by atoms with Gasteiger partial charge in [0, 0.05) is 18.8 Å². The molecule has 1 heterocycles. The topological polar surface area (TPSA) is 47.0 Å². The normalized spacial score (nSPS) is 12.0. The summed E-state index contributed by atoms with van der Waals surface area (Å²) in [7, 11) is 0. The molecule has 1 aromatic carbocycles. The summed E-state index contributed by atoms with van der Waals surface area (Å²) in [6.07, 6.45) is 3.82. The third-order valence-electron chi connectivity index (χ3n) is 3.44. The molecule has 1 unspecified atom stereocenters. The largest absolute Gasteiger partial charge is 0.439 e. The molecule has 0 aliphatic rings. The molecular formula is C17H23N3O. The highest BCUT2D eigenvalue weighted by Gasteiger charge is 2.11. The number of rotatable bonds is 7. The van der Waals surface area contributed by atoms with Gasteiger partial charge >= 0.3 is 0 Å². The van der Waals surface area contributed by atoms with Crippen LogP contribution in [0.15, 0.2) is 36.5 Å². The molecule has 0 bridgehead atoms. The molecule has 112 valence electrons. The highest BCUT2D eigenvalue weighted by atomic mass is 16.5. The Hall–Kier alpha value is -2.10. The fraction of sp³-hybridized carbons (Fsp3) is 0.412. The van der Waals surface area contributed by atoms with Crippen molar-refractivity contribution in [2.24, 2.45) is 0 Å². The average molecular weight is 285 g/mol. The van der Waals surface area contributed by atoms with E-state index in [1.807, 2.05) is 18.2 Å². The van der Waals surface area contributed by atoms with Gasteiger partial charge in [-0.2, -0.15) is 4.98 Å². The van der Waals surface area contributed by atoms with Gasteiger partial charge in [-0.1, -0.05) is 39.0 Å². The Kier molecular flexibility index (Phi) is 5.55. The van der Waals surface area contributed by atoms with E-state index in [-0.39, 0.29) is 0 Å². The van der Waals surface area contributed by atoms with Gasteiger partial charge in [-0.25, -0.2) is 4.98 Å². The van der Waals surface area contributed by atoms with Crippen LogP contribution in [-0.4, -0.2) is 16.5 Å². The first kappa shape index (κ1) is 15.3. The Morgan fingerprint density at radius 2 is 2.00 bits per heavy atom. The summed E-state index contributed by atoms with van der Waals surface area (Å²) in [5.41, 5.74) is 1.21. The fourth-order valence-corrected chi connectivity index (χ4v) is 2.03. The van der Waals surface area contributed by atoms with Crippen LogP contribution in [0.5, 0.6) is 11.6 Å². The van der Waals surface area contributed by atoms with Gasteiger partial charge in [-0.05, 0) is 30.4 Å². The Bertz CT molecular complexity index is 571. The molecule has 2 aromatic rings. The minimum absolute atomic E-state index is 0.459. The Morgan fingerprint density at radius 3 is 2.76 bits per heavy atom. The predicted octanol–water partition coefficient (Wildman–Crippen LogP) is 4.60. The fourth-order valence-electron chi connectivity index (χ4n) is 2.03. The van der Waals surface area contributed by atoms with Crippen molar-refractivity contribution >= 4 is 5.95 Å². The van der Waals surface area contributed by atoms with E-state index in [4.69, 9.17) is 4.74 Å². The zero-order valence-corrected chi connectivity index (χ0v) is 13.0. The van der Waals surface area contributed by atoms with Crippen LogP contribution in [-0.2, 0) is 0 Å². The number of nitrogens with one attached hydrogen (secondary N) is 1. The van der Waals surface area contributed by atoms with E-state index in [0.29, 0.717) is 17.7 Å². The highest BCUT2D eigenvalue weighted by Crippen LogP contribution is 2.31. The molecule has 1 aromatic heterocycles. The van der Waals surface area contributed by atoms with Gasteiger partial charge in [0.25, 0.3) is 0 Å². The van der Waals surface area contributed by atoms with E-state index in [1.54, 1.807) is 12.3 Å². The summed E-state index contributed by atoms with van der Waals surface area (Å²) in [4.78, 5) is 8.58. The quantitative estimate of drug-likeness (QED) is 0.807. The van der Waals surface area contributed by atoms with E-state index in [2.05, 4.69) is 42.1 Å². The van der Waals surface area contributed by atoms with Gasteiger partial charge < -0.3 is 10.1 Å². The van der Waals surface area contributed by atoms with Crippen LogP contribution in [0.4, 0.5) is 5.95 Å². The monoisotopic (exact) mass is 285 g/mol. The molecule has 0 aliphatic carbocycles. The van der Waals surface area contributed by atoms with Crippen LogP contribution >= 0.6 is 0 Å². The van der Waals surface area contributed by atoms with E-state index in [0.717, 1.165) is 25.1 Å². The summed E-state index contributed by atoms with van der Waals surface area (Å²) >= 11 is 0. The SMILES string of the molecule is CCCNc1nccc(Oc2ccccc2C(C)CC)n1. The van der Waals surface area contributed by atoms with Crippen molar-refractivity contribution < 1.29 is 4.74 Å². The Labute approximate surface area is 126 Å². The van der Waals surface area contributed by atoms with Crippen LogP contribution in [0.3, 0.4) is 0 Å². The van der Waals surface area contributed by atoms with Gasteiger partial charge in [0.1, 0.15) is 5.75 Å². The number of benzene rings is 1. The first-order valence-electron chi connectivity index (χ1n) is 7.58. The van der Waals surface area contributed by atoms with Gasteiger partial charge in [-0.15, -0.1) is 0 Å². The number of hydrogen-bond donors (Lipinski definition) is 1. The van der Waals surface area contributed by atoms with E-state index >= 15 is 0 Å². The van der Waals surface area contributed by atoms with Crippen LogP contribution in [0, 0.1) is 0 Å². The zero-order chi connectivity index (χ0) is 15.1. The molecule has 4 heteroatoms. The second kappa shape index (κ2) is 7.62. The number of aromatic nitrogens is 2. The molecule has 1 N–H and O–H groups in total. The Morgan fingerprint density at radius 1 is 1.19 bits per heavy atom. The van der Waals surface area contributed by atoms with Crippen LogP contribution in [0.1, 0.15) is 45.1 Å². The molecule has 0 spiro atoms. The highest BCUT2D eigenvalue weighted by molar-refractivity contribution is 5.39. The third kappa shape index (κ3) is 4.18. The van der Waals surface area contributed by atoms with Crippen molar-refractivity contribution in [3.8, 4) is 11.6 Å². The van der Waals surface area contributed by atoms with E-state index in [1.165, 1.54) is 5.56 Å². The first-order valence-corrected chi connectivity index (χ1v) is 7.58. The van der Waals surface area contributed by atoms with Crippen molar-refractivity contribution in [3.63, 3.8) is 0 Å². The maximum atomic E-state index is 5.96. The van der Waals surface area contributed by atoms with E-state index < -0.39 is 0 Å². The third-order valence-corrected chi connectivity index (χ3v) is 3.44.